The van der Waals surface area contributed by atoms with Crippen molar-refractivity contribution in [1.82, 2.24) is 5.32 Å². The molecule has 1 aromatic rings. The molecule has 3 N–H and O–H groups in total. The summed E-state index contributed by atoms with van der Waals surface area (Å²) in [4.78, 5) is 16.1. The fourth-order valence-corrected chi connectivity index (χ4v) is 1.54. The Morgan fingerprint density at radius 1 is 1.41 bits per heavy atom. The second kappa shape index (κ2) is 5.65. The quantitative estimate of drug-likeness (QED) is 0.600. The average Bonchev–Trinajstić information content (AvgIpc) is 3.19. The summed E-state index contributed by atoms with van der Waals surface area (Å²) in [5.41, 5.74) is 0.944. The van der Waals surface area contributed by atoms with E-state index < -0.39 is 12.3 Å². The fourth-order valence-electron chi connectivity index (χ4n) is 1.54. The first-order valence-corrected chi connectivity index (χ1v) is 5.62. The third kappa shape index (κ3) is 3.72. The first kappa shape index (κ1) is 11.9. The highest BCUT2D eigenvalue weighted by molar-refractivity contribution is 5.67. The Morgan fingerprint density at radius 3 is 2.71 bits per heavy atom. The summed E-state index contributed by atoms with van der Waals surface area (Å²) < 4.78 is 5.05. The van der Waals surface area contributed by atoms with E-state index in [-0.39, 0.29) is 6.61 Å². The lowest BCUT2D eigenvalue weighted by Gasteiger charge is -2.15. The Bertz CT molecular complexity index is 365. The van der Waals surface area contributed by atoms with Gasteiger partial charge in [0.1, 0.15) is 6.61 Å². The molecule has 5 heteroatoms. The van der Waals surface area contributed by atoms with Gasteiger partial charge in [-0.05, 0) is 18.4 Å². The summed E-state index contributed by atoms with van der Waals surface area (Å²) in [5.74, 6) is 5.42. The Morgan fingerprint density at radius 2 is 2.12 bits per heavy atom. The van der Waals surface area contributed by atoms with Crippen LogP contribution in [-0.2, 0) is 16.2 Å². The molecule has 1 aromatic carbocycles. The van der Waals surface area contributed by atoms with Gasteiger partial charge in [-0.15, -0.1) is 0 Å². The Balaban J connectivity index is 1.73. The molecular weight excluding hydrogens is 220 g/mol. The van der Waals surface area contributed by atoms with Crippen molar-refractivity contribution in [2.24, 2.45) is 11.8 Å². The number of carbonyl (C=O) groups excluding carboxylic acids is 1. The number of benzene rings is 1. The van der Waals surface area contributed by atoms with Gasteiger partial charge in [-0.3, -0.25) is 10.2 Å². The lowest BCUT2D eigenvalue weighted by atomic mass is 10.2. The number of carbonyl (C=O) groups is 1. The Kier molecular flexibility index (Phi) is 3.95. The molecule has 1 atom stereocenters. The summed E-state index contributed by atoms with van der Waals surface area (Å²) in [5, 5.41) is 2.59. The third-order valence-electron chi connectivity index (χ3n) is 2.67. The summed E-state index contributed by atoms with van der Waals surface area (Å²) >= 11 is 0. The van der Waals surface area contributed by atoms with Gasteiger partial charge >= 0.3 is 6.09 Å². The van der Waals surface area contributed by atoms with Crippen molar-refractivity contribution in [2.75, 3.05) is 0 Å². The van der Waals surface area contributed by atoms with E-state index in [1.54, 1.807) is 0 Å². The summed E-state index contributed by atoms with van der Waals surface area (Å²) in [6.45, 7) is 0.245. The zero-order chi connectivity index (χ0) is 12.1. The molecule has 1 amide bonds. The third-order valence-corrected chi connectivity index (χ3v) is 2.67. The number of rotatable bonds is 5. The van der Waals surface area contributed by atoms with Gasteiger partial charge in [0.15, 0.2) is 6.23 Å². The van der Waals surface area contributed by atoms with Crippen LogP contribution in [0, 0.1) is 5.92 Å². The second-order valence-electron chi connectivity index (χ2n) is 4.10. The molecule has 1 aliphatic carbocycles. The molecule has 92 valence electrons. The molecule has 0 aliphatic heterocycles. The van der Waals surface area contributed by atoms with Crippen LogP contribution in [-0.4, -0.2) is 12.3 Å². The summed E-state index contributed by atoms with van der Waals surface area (Å²) in [7, 11) is 0. The zero-order valence-corrected chi connectivity index (χ0v) is 9.46. The van der Waals surface area contributed by atoms with E-state index in [1.165, 1.54) is 0 Å². The lowest BCUT2D eigenvalue weighted by molar-refractivity contribution is 0.0106. The van der Waals surface area contributed by atoms with Gasteiger partial charge < -0.3 is 4.74 Å². The van der Waals surface area contributed by atoms with E-state index >= 15 is 0 Å². The minimum atomic E-state index is -0.504. The molecule has 5 nitrogen and oxygen atoms in total. The largest absolute Gasteiger partial charge is 0.445 e. The van der Waals surface area contributed by atoms with Gasteiger partial charge in [0.05, 0.1) is 0 Å². The molecule has 0 spiro atoms. The molecule has 17 heavy (non-hydrogen) atoms. The monoisotopic (exact) mass is 236 g/mol. The van der Waals surface area contributed by atoms with Crippen LogP contribution in [0.1, 0.15) is 18.4 Å². The maximum absolute atomic E-state index is 11.4. The van der Waals surface area contributed by atoms with Crippen molar-refractivity contribution < 1.29 is 14.4 Å². The Hall–Kier alpha value is -1.59. The van der Waals surface area contributed by atoms with E-state index in [0.29, 0.717) is 5.92 Å². The zero-order valence-electron chi connectivity index (χ0n) is 9.46. The van der Waals surface area contributed by atoms with Gasteiger partial charge in [-0.2, -0.15) is 0 Å². The average molecular weight is 236 g/mol. The molecule has 0 saturated heterocycles. The van der Waals surface area contributed by atoms with Crippen molar-refractivity contribution in [3.63, 3.8) is 0 Å². The van der Waals surface area contributed by atoms with Gasteiger partial charge in [0.2, 0.25) is 0 Å². The van der Waals surface area contributed by atoms with Gasteiger partial charge in [0.25, 0.3) is 0 Å². The predicted molar refractivity (Wildman–Crippen MR) is 61.5 cm³/mol. The van der Waals surface area contributed by atoms with Gasteiger partial charge in [-0.1, -0.05) is 30.3 Å². The molecule has 2 rings (SSSR count). The SMILES string of the molecule is NOC(NC(=O)OCc1ccccc1)C1CC1. The van der Waals surface area contributed by atoms with Gasteiger partial charge in [0, 0.05) is 5.92 Å². The molecule has 0 heterocycles. The van der Waals surface area contributed by atoms with Crippen molar-refractivity contribution >= 4 is 6.09 Å². The van der Waals surface area contributed by atoms with Crippen LogP contribution in [0.4, 0.5) is 4.79 Å². The van der Waals surface area contributed by atoms with Crippen LogP contribution in [0.3, 0.4) is 0 Å². The molecule has 0 radical (unpaired) electrons. The molecule has 0 bridgehead atoms. The predicted octanol–water partition coefficient (Wildman–Crippen LogP) is 1.54. The van der Waals surface area contributed by atoms with Crippen LogP contribution in [0.2, 0.25) is 0 Å². The van der Waals surface area contributed by atoms with E-state index in [9.17, 15) is 4.79 Å². The van der Waals surface area contributed by atoms with Crippen molar-refractivity contribution in [3.8, 4) is 0 Å². The number of nitrogens with one attached hydrogen (secondary N) is 1. The highest BCUT2D eigenvalue weighted by atomic mass is 16.6. The maximum atomic E-state index is 11.4. The maximum Gasteiger partial charge on any atom is 0.409 e. The molecular formula is C12H16N2O3. The minimum absolute atomic E-state index is 0.245. The molecule has 1 saturated carbocycles. The van der Waals surface area contributed by atoms with Crippen molar-refractivity contribution in [1.29, 1.82) is 0 Å². The van der Waals surface area contributed by atoms with Crippen molar-refractivity contribution in [2.45, 2.75) is 25.7 Å². The van der Waals surface area contributed by atoms with E-state index in [1.807, 2.05) is 30.3 Å². The van der Waals surface area contributed by atoms with E-state index in [2.05, 4.69) is 10.2 Å². The standard InChI is InChI=1S/C12H16N2O3/c13-17-11(10-6-7-10)14-12(15)16-8-9-4-2-1-3-5-9/h1-5,10-11H,6-8,13H2,(H,14,15). The number of hydrogen-bond donors (Lipinski definition) is 2. The van der Waals surface area contributed by atoms with Crippen molar-refractivity contribution in [3.05, 3.63) is 35.9 Å². The van der Waals surface area contributed by atoms with Crippen LogP contribution in [0.15, 0.2) is 30.3 Å². The number of hydrogen-bond acceptors (Lipinski definition) is 4. The Labute approximate surface area is 99.8 Å². The normalized spacial score (nSPS) is 16.3. The smallest absolute Gasteiger partial charge is 0.409 e. The number of amides is 1. The number of nitrogens with two attached hydrogens (primary N) is 1. The molecule has 0 aromatic heterocycles. The fraction of sp³-hybridized carbons (Fsp3) is 0.417. The van der Waals surface area contributed by atoms with Crippen LogP contribution in [0.5, 0.6) is 0 Å². The second-order valence-corrected chi connectivity index (χ2v) is 4.10. The lowest BCUT2D eigenvalue weighted by Crippen LogP contribution is -2.40. The van der Waals surface area contributed by atoms with E-state index in [0.717, 1.165) is 18.4 Å². The molecule has 1 unspecified atom stereocenters. The summed E-state index contributed by atoms with van der Waals surface area (Å²) in [6, 6.07) is 9.49. The first-order chi connectivity index (χ1) is 8.29. The van der Waals surface area contributed by atoms with Gasteiger partial charge in [-0.25, -0.2) is 10.7 Å². The van der Waals surface area contributed by atoms with Crippen LogP contribution < -0.4 is 11.2 Å². The first-order valence-electron chi connectivity index (χ1n) is 5.62. The molecule has 1 fully saturated rings. The van der Waals surface area contributed by atoms with Crippen LogP contribution in [0.25, 0.3) is 0 Å². The van der Waals surface area contributed by atoms with E-state index in [4.69, 9.17) is 10.6 Å². The molecule has 1 aliphatic rings. The topological polar surface area (TPSA) is 73.6 Å². The summed E-state index contributed by atoms with van der Waals surface area (Å²) in [6.07, 6.45) is 1.12. The highest BCUT2D eigenvalue weighted by Crippen LogP contribution is 2.32. The number of alkyl carbamates (subject to hydrolysis) is 1. The van der Waals surface area contributed by atoms with Crippen LogP contribution >= 0.6 is 0 Å². The minimum Gasteiger partial charge on any atom is -0.445 e. The number of ether oxygens (including phenoxy) is 1. The highest BCUT2D eigenvalue weighted by Gasteiger charge is 2.33.